The Morgan fingerprint density at radius 1 is 1.24 bits per heavy atom. The van der Waals surface area contributed by atoms with E-state index in [4.69, 9.17) is 4.74 Å². The molecule has 0 spiro atoms. The van der Waals surface area contributed by atoms with Crippen LogP contribution in [0.4, 0.5) is 4.79 Å². The minimum absolute atomic E-state index is 0.172. The van der Waals surface area contributed by atoms with E-state index in [2.05, 4.69) is 5.32 Å². The molecular weight excluding hydrogens is 428 g/mol. The van der Waals surface area contributed by atoms with E-state index in [1.165, 1.54) is 4.68 Å². The van der Waals surface area contributed by atoms with Crippen molar-refractivity contribution in [2.45, 2.75) is 51.2 Å². The van der Waals surface area contributed by atoms with Gasteiger partial charge in [-0.1, -0.05) is 19.9 Å². The third kappa shape index (κ3) is 4.27. The van der Waals surface area contributed by atoms with Crippen LogP contribution < -0.4 is 10.9 Å². The van der Waals surface area contributed by atoms with Crippen LogP contribution in [0.2, 0.25) is 0 Å². The third-order valence-electron chi connectivity index (χ3n) is 6.54. The molecule has 178 valence electrons. The van der Waals surface area contributed by atoms with Crippen LogP contribution in [-0.2, 0) is 27.0 Å². The number of aryl methyl sites for hydroxylation is 1. The molecule has 2 saturated heterocycles. The molecule has 0 aliphatic carbocycles. The number of likely N-dealkylation sites (tertiary alicyclic amines) is 1. The van der Waals surface area contributed by atoms with Crippen molar-refractivity contribution in [1.29, 1.82) is 0 Å². The van der Waals surface area contributed by atoms with Crippen LogP contribution in [-0.4, -0.2) is 57.0 Å². The zero-order valence-corrected chi connectivity index (χ0v) is 19.2. The summed E-state index contributed by atoms with van der Waals surface area (Å²) in [6.07, 6.45) is 0.749. The topological polar surface area (TPSA) is 123 Å². The van der Waals surface area contributed by atoms with Gasteiger partial charge in [0.25, 0.3) is 11.5 Å². The first-order valence-corrected chi connectivity index (χ1v) is 11.3. The highest BCUT2D eigenvalue weighted by Gasteiger charge is 2.37. The molecule has 2 aliphatic rings. The Bertz CT molecular complexity index is 1160. The number of fused-ring (bicyclic) bond motifs is 1. The molecule has 4 rings (SSSR count). The highest BCUT2D eigenvalue weighted by Crippen LogP contribution is 2.34. The summed E-state index contributed by atoms with van der Waals surface area (Å²) in [6.45, 7) is 5.02. The Morgan fingerprint density at radius 2 is 1.94 bits per heavy atom. The van der Waals surface area contributed by atoms with Crippen molar-refractivity contribution in [2.75, 3.05) is 19.7 Å². The van der Waals surface area contributed by atoms with Gasteiger partial charge in [-0.05, 0) is 42.9 Å². The lowest BCUT2D eigenvalue weighted by Gasteiger charge is -2.38. The molecule has 3 amide bonds. The van der Waals surface area contributed by atoms with Gasteiger partial charge in [-0.3, -0.25) is 24.4 Å². The fourth-order valence-electron chi connectivity index (χ4n) is 4.59. The van der Waals surface area contributed by atoms with E-state index in [0.29, 0.717) is 49.0 Å². The van der Waals surface area contributed by atoms with Crippen LogP contribution in [0.1, 0.15) is 51.1 Å². The molecule has 10 nitrogen and oxygen atoms in total. The number of aromatic nitrogens is 2. The molecule has 3 heterocycles. The first-order chi connectivity index (χ1) is 15.6. The fourth-order valence-corrected chi connectivity index (χ4v) is 4.59. The van der Waals surface area contributed by atoms with Crippen LogP contribution >= 0.6 is 0 Å². The Labute approximate surface area is 191 Å². The van der Waals surface area contributed by atoms with Gasteiger partial charge in [0.15, 0.2) is 0 Å². The molecule has 1 aromatic carbocycles. The van der Waals surface area contributed by atoms with Gasteiger partial charge < -0.3 is 14.7 Å². The summed E-state index contributed by atoms with van der Waals surface area (Å²) in [5.41, 5.74) is -0.214. The summed E-state index contributed by atoms with van der Waals surface area (Å²) < 4.78 is 8.27. The Morgan fingerprint density at radius 3 is 2.58 bits per heavy atom. The van der Waals surface area contributed by atoms with Crippen LogP contribution in [0.15, 0.2) is 23.0 Å². The Kier molecular flexibility index (Phi) is 6.04. The van der Waals surface area contributed by atoms with E-state index >= 15 is 0 Å². The number of carbonyl (C=O) groups is 3. The monoisotopic (exact) mass is 458 g/mol. The number of nitrogens with zero attached hydrogens (tertiary/aromatic N) is 3. The van der Waals surface area contributed by atoms with E-state index in [-0.39, 0.29) is 36.3 Å². The first kappa shape index (κ1) is 23.0. The molecule has 0 bridgehead atoms. The molecule has 0 radical (unpaired) electrons. The smallest absolute Gasteiger partial charge is 0.409 e. The summed E-state index contributed by atoms with van der Waals surface area (Å²) in [5.74, 6) is -0.580. The largest absolute Gasteiger partial charge is 0.449 e. The van der Waals surface area contributed by atoms with Gasteiger partial charge in [-0.15, -0.1) is 0 Å². The molecular formula is C23H30N4O6. The van der Waals surface area contributed by atoms with Crippen molar-refractivity contribution in [3.05, 3.63) is 34.1 Å². The third-order valence-corrected chi connectivity index (χ3v) is 6.54. The minimum Gasteiger partial charge on any atom is -0.449 e. The van der Waals surface area contributed by atoms with Crippen molar-refractivity contribution < 1.29 is 24.2 Å². The fraction of sp³-hybridized carbons (Fsp3) is 0.565. The Balaban J connectivity index is 1.57. The summed E-state index contributed by atoms with van der Waals surface area (Å²) in [5, 5.41) is 14.1. The SMILES string of the molecule is CC(C)COC(=O)N1CCC(O)(c2ccc3c(=O)n(C4CCC(=O)NC4=O)n(C)c3c2)CC1. The maximum atomic E-state index is 13.0. The number of ether oxygens (including phenoxy) is 1. The van der Waals surface area contributed by atoms with Gasteiger partial charge in [0.2, 0.25) is 5.91 Å². The molecule has 33 heavy (non-hydrogen) atoms. The first-order valence-electron chi connectivity index (χ1n) is 11.3. The van der Waals surface area contributed by atoms with E-state index < -0.39 is 17.6 Å². The average Bonchev–Trinajstić information content (AvgIpc) is 3.02. The van der Waals surface area contributed by atoms with Gasteiger partial charge in [-0.2, -0.15) is 0 Å². The van der Waals surface area contributed by atoms with E-state index in [9.17, 15) is 24.3 Å². The molecule has 2 aliphatic heterocycles. The number of hydrogen-bond donors (Lipinski definition) is 2. The number of nitrogens with one attached hydrogen (secondary N) is 1. The molecule has 1 aromatic heterocycles. The number of benzene rings is 1. The number of aliphatic hydroxyl groups is 1. The van der Waals surface area contributed by atoms with Crippen molar-refractivity contribution in [3.8, 4) is 0 Å². The molecule has 10 heteroatoms. The maximum absolute atomic E-state index is 13.0. The van der Waals surface area contributed by atoms with Crippen molar-refractivity contribution >= 4 is 28.8 Å². The second-order valence-corrected chi connectivity index (χ2v) is 9.36. The number of hydrogen-bond acceptors (Lipinski definition) is 6. The number of imide groups is 1. The number of piperidine rings is 2. The normalized spacial score (nSPS) is 20.9. The molecule has 2 aromatic rings. The van der Waals surface area contributed by atoms with E-state index in [1.54, 1.807) is 34.8 Å². The van der Waals surface area contributed by atoms with Crippen LogP contribution in [0.5, 0.6) is 0 Å². The van der Waals surface area contributed by atoms with Gasteiger partial charge >= 0.3 is 6.09 Å². The second-order valence-electron chi connectivity index (χ2n) is 9.36. The lowest BCUT2D eigenvalue weighted by atomic mass is 9.84. The van der Waals surface area contributed by atoms with Gasteiger partial charge in [0.05, 0.1) is 23.1 Å². The predicted molar refractivity (Wildman–Crippen MR) is 119 cm³/mol. The lowest BCUT2D eigenvalue weighted by molar-refractivity contribution is -0.136. The molecule has 2 fully saturated rings. The van der Waals surface area contributed by atoms with Gasteiger partial charge in [-0.25, -0.2) is 9.48 Å². The minimum atomic E-state index is -1.14. The van der Waals surface area contributed by atoms with Gasteiger partial charge in [0, 0.05) is 26.6 Å². The highest BCUT2D eigenvalue weighted by atomic mass is 16.6. The summed E-state index contributed by atoms with van der Waals surface area (Å²) in [6, 6.07) is 4.40. The van der Waals surface area contributed by atoms with Crippen molar-refractivity contribution in [3.63, 3.8) is 0 Å². The van der Waals surface area contributed by atoms with Crippen LogP contribution in [0.25, 0.3) is 10.9 Å². The maximum Gasteiger partial charge on any atom is 0.409 e. The number of amides is 3. The summed E-state index contributed by atoms with van der Waals surface area (Å²) >= 11 is 0. The van der Waals surface area contributed by atoms with Crippen LogP contribution in [0.3, 0.4) is 0 Å². The summed E-state index contributed by atoms with van der Waals surface area (Å²) in [4.78, 5) is 50.7. The highest BCUT2D eigenvalue weighted by molar-refractivity contribution is 5.99. The van der Waals surface area contributed by atoms with E-state index in [1.807, 2.05) is 13.8 Å². The molecule has 1 unspecified atom stereocenters. The second kappa shape index (κ2) is 8.66. The Hall–Kier alpha value is -3.14. The predicted octanol–water partition coefficient (Wildman–Crippen LogP) is 1.39. The molecule has 2 N–H and O–H groups in total. The van der Waals surface area contributed by atoms with Crippen LogP contribution in [0, 0.1) is 5.92 Å². The quantitative estimate of drug-likeness (QED) is 0.668. The molecule has 1 atom stereocenters. The van der Waals surface area contributed by atoms with E-state index in [0.717, 1.165) is 0 Å². The van der Waals surface area contributed by atoms with Crippen molar-refractivity contribution in [2.24, 2.45) is 13.0 Å². The standard InChI is InChI=1S/C23H30N4O6/c1-14(2)13-33-22(31)26-10-8-23(32,9-11-26)15-4-5-16-18(12-15)25(3)27(21(16)30)17-6-7-19(28)24-20(17)29/h4-5,12,14,17,32H,6-11,13H2,1-3H3,(H,24,28,29). The lowest BCUT2D eigenvalue weighted by Crippen LogP contribution is -2.45. The summed E-state index contributed by atoms with van der Waals surface area (Å²) in [7, 11) is 1.69. The molecule has 0 saturated carbocycles. The number of rotatable bonds is 4. The number of carbonyl (C=O) groups excluding carboxylic acids is 3. The van der Waals surface area contributed by atoms with Gasteiger partial charge in [0.1, 0.15) is 6.04 Å². The average molecular weight is 459 g/mol. The zero-order chi connectivity index (χ0) is 23.9. The van der Waals surface area contributed by atoms with Crippen molar-refractivity contribution in [1.82, 2.24) is 19.6 Å². The zero-order valence-electron chi connectivity index (χ0n) is 19.2.